The van der Waals surface area contributed by atoms with Crippen LogP contribution in [0.5, 0.6) is 0 Å². The topological polar surface area (TPSA) is 15.3 Å². The molecular formula is C17H28N2. The lowest BCUT2D eigenvalue weighted by Gasteiger charge is -2.33. The number of rotatable bonds is 4. The van der Waals surface area contributed by atoms with Crippen molar-refractivity contribution in [1.29, 1.82) is 0 Å². The van der Waals surface area contributed by atoms with E-state index >= 15 is 0 Å². The fraction of sp³-hybridized carbons (Fsp3) is 0.647. The zero-order valence-electron chi connectivity index (χ0n) is 13.1. The number of fused-ring (bicyclic) bond motifs is 1. The lowest BCUT2D eigenvalue weighted by Crippen LogP contribution is -2.45. The van der Waals surface area contributed by atoms with Gasteiger partial charge in [0.2, 0.25) is 0 Å². The number of hydrogen-bond donors (Lipinski definition) is 1. The number of nitrogens with one attached hydrogen (secondary N) is 1. The third-order valence-electron chi connectivity index (χ3n) is 3.66. The zero-order chi connectivity index (χ0) is 14.1. The van der Waals surface area contributed by atoms with Gasteiger partial charge in [-0.25, -0.2) is 0 Å². The van der Waals surface area contributed by atoms with E-state index in [-0.39, 0.29) is 5.54 Å². The van der Waals surface area contributed by atoms with Crippen molar-refractivity contribution < 1.29 is 0 Å². The average Bonchev–Trinajstić information content (AvgIpc) is 2.66. The SMILES string of the molecule is CC(C)(CNC(C)(C)C)CN1Cc2ccccc2C1. The highest BCUT2D eigenvalue weighted by Gasteiger charge is 2.27. The molecule has 1 aromatic carbocycles. The molecule has 2 nitrogen and oxygen atoms in total. The van der Waals surface area contributed by atoms with Gasteiger partial charge in [0.1, 0.15) is 0 Å². The predicted octanol–water partition coefficient (Wildman–Crippen LogP) is 3.42. The minimum absolute atomic E-state index is 0.200. The van der Waals surface area contributed by atoms with Gasteiger partial charge in [-0.05, 0) is 37.3 Å². The molecule has 1 aromatic rings. The van der Waals surface area contributed by atoms with Gasteiger partial charge in [-0.1, -0.05) is 38.1 Å². The summed E-state index contributed by atoms with van der Waals surface area (Å²) in [5.41, 5.74) is 3.50. The Morgan fingerprint density at radius 2 is 1.53 bits per heavy atom. The largest absolute Gasteiger partial charge is 0.311 e. The second kappa shape index (κ2) is 5.26. The average molecular weight is 260 g/mol. The van der Waals surface area contributed by atoms with E-state index in [1.54, 1.807) is 0 Å². The standard InChI is InChI=1S/C17H28N2/c1-16(2,3)18-12-17(4,5)13-19-10-14-8-6-7-9-15(14)11-19/h6-9,18H,10-13H2,1-5H3. The lowest BCUT2D eigenvalue weighted by atomic mass is 9.91. The molecule has 0 amide bonds. The van der Waals surface area contributed by atoms with Crippen LogP contribution in [0.4, 0.5) is 0 Å². The Hall–Kier alpha value is -0.860. The molecule has 1 aliphatic rings. The van der Waals surface area contributed by atoms with Crippen molar-refractivity contribution in [1.82, 2.24) is 10.2 Å². The summed E-state index contributed by atoms with van der Waals surface area (Å²) in [6.45, 7) is 15.8. The second-order valence-electron chi connectivity index (χ2n) is 7.68. The molecule has 0 unspecified atom stereocenters. The Kier molecular flexibility index (Phi) is 4.03. The first-order chi connectivity index (χ1) is 8.75. The van der Waals surface area contributed by atoms with Crippen LogP contribution in [0, 0.1) is 5.41 Å². The van der Waals surface area contributed by atoms with Gasteiger partial charge in [0, 0.05) is 31.7 Å². The van der Waals surface area contributed by atoms with Crippen LogP contribution < -0.4 is 5.32 Å². The van der Waals surface area contributed by atoms with E-state index in [1.165, 1.54) is 11.1 Å². The third-order valence-corrected chi connectivity index (χ3v) is 3.66. The summed E-state index contributed by atoms with van der Waals surface area (Å²) >= 11 is 0. The molecule has 0 fully saturated rings. The van der Waals surface area contributed by atoms with Gasteiger partial charge in [-0.2, -0.15) is 0 Å². The monoisotopic (exact) mass is 260 g/mol. The molecule has 0 radical (unpaired) electrons. The fourth-order valence-electron chi connectivity index (χ4n) is 2.68. The minimum Gasteiger partial charge on any atom is -0.311 e. The second-order valence-corrected chi connectivity index (χ2v) is 7.68. The quantitative estimate of drug-likeness (QED) is 0.892. The molecule has 2 rings (SSSR count). The molecule has 0 aliphatic carbocycles. The summed E-state index contributed by atoms with van der Waals surface area (Å²) < 4.78 is 0. The molecule has 0 spiro atoms. The molecule has 2 heteroatoms. The first kappa shape index (κ1) is 14.5. The van der Waals surface area contributed by atoms with Crippen molar-refractivity contribution >= 4 is 0 Å². The van der Waals surface area contributed by atoms with Gasteiger partial charge >= 0.3 is 0 Å². The summed E-state index contributed by atoms with van der Waals surface area (Å²) in [6, 6.07) is 8.81. The molecule has 1 N–H and O–H groups in total. The molecule has 0 aromatic heterocycles. The van der Waals surface area contributed by atoms with Crippen LogP contribution in [0.1, 0.15) is 45.7 Å². The van der Waals surface area contributed by atoms with E-state index < -0.39 is 0 Å². The summed E-state index contributed by atoms with van der Waals surface area (Å²) in [7, 11) is 0. The predicted molar refractivity (Wildman–Crippen MR) is 82.1 cm³/mol. The van der Waals surface area contributed by atoms with E-state index in [9.17, 15) is 0 Å². The summed E-state index contributed by atoms with van der Waals surface area (Å²) in [5.74, 6) is 0. The maximum Gasteiger partial charge on any atom is 0.0240 e. The normalized spacial score (nSPS) is 16.7. The maximum atomic E-state index is 3.63. The highest BCUT2D eigenvalue weighted by molar-refractivity contribution is 5.30. The van der Waals surface area contributed by atoms with Crippen LogP contribution in [0.15, 0.2) is 24.3 Å². The Morgan fingerprint density at radius 3 is 2.00 bits per heavy atom. The van der Waals surface area contributed by atoms with Gasteiger partial charge in [0.05, 0.1) is 0 Å². The van der Waals surface area contributed by atoms with E-state index in [2.05, 4.69) is 69.1 Å². The third kappa shape index (κ3) is 4.32. The Labute approximate surface area is 118 Å². The van der Waals surface area contributed by atoms with Crippen molar-refractivity contribution in [2.45, 2.75) is 53.2 Å². The van der Waals surface area contributed by atoms with E-state index in [0.29, 0.717) is 5.41 Å². The number of hydrogen-bond acceptors (Lipinski definition) is 2. The molecule has 0 atom stereocenters. The summed E-state index contributed by atoms with van der Waals surface area (Å²) in [5, 5.41) is 3.63. The first-order valence-electron chi connectivity index (χ1n) is 7.29. The van der Waals surface area contributed by atoms with Gasteiger partial charge in [0.15, 0.2) is 0 Å². The van der Waals surface area contributed by atoms with Crippen LogP contribution >= 0.6 is 0 Å². The van der Waals surface area contributed by atoms with Gasteiger partial charge in [-0.3, -0.25) is 4.90 Å². The Morgan fingerprint density at radius 1 is 1.00 bits per heavy atom. The molecule has 0 bridgehead atoms. The van der Waals surface area contributed by atoms with E-state index in [0.717, 1.165) is 26.2 Å². The van der Waals surface area contributed by atoms with Crippen LogP contribution in [0.2, 0.25) is 0 Å². The smallest absolute Gasteiger partial charge is 0.0240 e. The molecule has 0 saturated carbocycles. The fourth-order valence-corrected chi connectivity index (χ4v) is 2.68. The summed E-state index contributed by atoms with van der Waals surface area (Å²) in [4.78, 5) is 2.56. The van der Waals surface area contributed by atoms with E-state index in [1.807, 2.05) is 0 Å². The Bertz CT molecular complexity index is 404. The van der Waals surface area contributed by atoms with Crippen LogP contribution in [-0.4, -0.2) is 23.5 Å². The lowest BCUT2D eigenvalue weighted by molar-refractivity contribution is 0.166. The minimum atomic E-state index is 0.200. The van der Waals surface area contributed by atoms with E-state index in [4.69, 9.17) is 0 Å². The van der Waals surface area contributed by atoms with Crippen LogP contribution in [-0.2, 0) is 13.1 Å². The van der Waals surface area contributed by atoms with Crippen LogP contribution in [0.3, 0.4) is 0 Å². The summed E-state index contributed by atoms with van der Waals surface area (Å²) in [6.07, 6.45) is 0. The Balaban J connectivity index is 1.89. The van der Waals surface area contributed by atoms with Crippen molar-refractivity contribution in [3.63, 3.8) is 0 Å². The molecule has 19 heavy (non-hydrogen) atoms. The van der Waals surface area contributed by atoms with Gasteiger partial charge in [0.25, 0.3) is 0 Å². The first-order valence-corrected chi connectivity index (χ1v) is 7.29. The van der Waals surface area contributed by atoms with Gasteiger partial charge < -0.3 is 5.32 Å². The molecule has 0 saturated heterocycles. The van der Waals surface area contributed by atoms with Crippen LogP contribution in [0.25, 0.3) is 0 Å². The van der Waals surface area contributed by atoms with Gasteiger partial charge in [-0.15, -0.1) is 0 Å². The highest BCUT2D eigenvalue weighted by Crippen LogP contribution is 2.26. The van der Waals surface area contributed by atoms with Crippen molar-refractivity contribution in [2.24, 2.45) is 5.41 Å². The molecule has 1 aliphatic heterocycles. The highest BCUT2D eigenvalue weighted by atomic mass is 15.1. The molecular weight excluding hydrogens is 232 g/mol. The zero-order valence-corrected chi connectivity index (χ0v) is 13.1. The van der Waals surface area contributed by atoms with Crippen molar-refractivity contribution in [2.75, 3.05) is 13.1 Å². The molecule has 1 heterocycles. The van der Waals surface area contributed by atoms with Crippen molar-refractivity contribution in [3.8, 4) is 0 Å². The number of benzene rings is 1. The number of nitrogens with zero attached hydrogens (tertiary/aromatic N) is 1. The van der Waals surface area contributed by atoms with Crippen molar-refractivity contribution in [3.05, 3.63) is 35.4 Å². The molecule has 106 valence electrons. The maximum absolute atomic E-state index is 3.63.